The number of para-hydroxylation sites is 1. The van der Waals surface area contributed by atoms with Crippen molar-refractivity contribution in [3.05, 3.63) is 62.2 Å². The number of benzene rings is 1. The number of carbonyl (C=O) groups is 2. The second kappa shape index (κ2) is 10.4. The number of rotatable bonds is 9. The number of aryl methyl sites for hydroxylation is 2. The molecule has 3 rings (SSSR count). The largest absolute Gasteiger partial charge is 0.348 e. The van der Waals surface area contributed by atoms with Crippen LogP contribution in [-0.4, -0.2) is 22.0 Å². The molecule has 6 nitrogen and oxygen atoms in total. The molecular formula is C22H26N4O2S2. The summed E-state index contributed by atoms with van der Waals surface area (Å²) in [4.78, 5) is 26.0. The number of nitrogens with zero attached hydrogens (tertiary/aromatic N) is 2. The van der Waals surface area contributed by atoms with Gasteiger partial charge < -0.3 is 10.6 Å². The Morgan fingerprint density at radius 3 is 2.60 bits per heavy atom. The van der Waals surface area contributed by atoms with Gasteiger partial charge in [0.1, 0.15) is 5.01 Å². The lowest BCUT2D eigenvalue weighted by molar-refractivity contribution is -0.122. The van der Waals surface area contributed by atoms with Crippen molar-refractivity contribution >= 4 is 40.2 Å². The van der Waals surface area contributed by atoms with Crippen molar-refractivity contribution in [2.45, 2.75) is 46.1 Å². The van der Waals surface area contributed by atoms with Gasteiger partial charge in [0.15, 0.2) is 0 Å². The summed E-state index contributed by atoms with van der Waals surface area (Å²) in [5, 5.41) is 17.2. The Morgan fingerprint density at radius 2 is 1.90 bits per heavy atom. The van der Waals surface area contributed by atoms with E-state index in [0.29, 0.717) is 30.2 Å². The first kappa shape index (κ1) is 22.1. The zero-order valence-electron chi connectivity index (χ0n) is 17.3. The van der Waals surface area contributed by atoms with Crippen molar-refractivity contribution in [2.24, 2.45) is 5.92 Å². The molecule has 0 radical (unpaired) electrons. The molecule has 0 aliphatic carbocycles. The fourth-order valence-electron chi connectivity index (χ4n) is 3.02. The van der Waals surface area contributed by atoms with Gasteiger partial charge in [0.25, 0.3) is 5.91 Å². The van der Waals surface area contributed by atoms with Gasteiger partial charge in [-0.05, 0) is 42.3 Å². The summed E-state index contributed by atoms with van der Waals surface area (Å²) in [7, 11) is 0. The Hall–Kier alpha value is -2.58. The first-order valence-corrected chi connectivity index (χ1v) is 11.7. The van der Waals surface area contributed by atoms with Crippen molar-refractivity contribution in [1.82, 2.24) is 15.5 Å². The van der Waals surface area contributed by atoms with Crippen molar-refractivity contribution in [3.63, 3.8) is 0 Å². The van der Waals surface area contributed by atoms with Crippen LogP contribution in [0.5, 0.6) is 0 Å². The van der Waals surface area contributed by atoms with Gasteiger partial charge >= 0.3 is 0 Å². The van der Waals surface area contributed by atoms with Crippen LogP contribution in [-0.2, 0) is 11.2 Å². The van der Waals surface area contributed by atoms with Crippen LogP contribution >= 0.6 is 22.7 Å². The van der Waals surface area contributed by atoms with E-state index >= 15 is 0 Å². The number of thiophene rings is 1. The molecule has 0 fully saturated rings. The van der Waals surface area contributed by atoms with Gasteiger partial charge in [-0.15, -0.1) is 21.5 Å². The zero-order chi connectivity index (χ0) is 21.5. The van der Waals surface area contributed by atoms with Crippen molar-refractivity contribution in [3.8, 4) is 0 Å². The van der Waals surface area contributed by atoms with Crippen LogP contribution in [0.3, 0.4) is 0 Å². The average molecular weight is 443 g/mol. The minimum absolute atomic E-state index is 0.0316. The highest BCUT2D eigenvalue weighted by Gasteiger charge is 2.19. The molecule has 0 spiro atoms. The number of hydrogen-bond acceptors (Lipinski definition) is 6. The van der Waals surface area contributed by atoms with Gasteiger partial charge in [0.2, 0.25) is 10.9 Å². The monoisotopic (exact) mass is 442 g/mol. The molecule has 30 heavy (non-hydrogen) atoms. The number of aromatic nitrogens is 2. The Balaban J connectivity index is 1.47. The Morgan fingerprint density at radius 1 is 1.10 bits per heavy atom. The summed E-state index contributed by atoms with van der Waals surface area (Å²) >= 11 is 2.93. The molecule has 0 unspecified atom stereocenters. The first-order valence-electron chi connectivity index (χ1n) is 9.96. The van der Waals surface area contributed by atoms with E-state index in [2.05, 4.69) is 40.7 Å². The fraction of sp³-hybridized carbons (Fsp3) is 0.364. The van der Waals surface area contributed by atoms with Gasteiger partial charge in [0.05, 0.1) is 6.04 Å². The Bertz CT molecular complexity index is 983. The van der Waals surface area contributed by atoms with Crippen LogP contribution in [0.15, 0.2) is 41.8 Å². The second-order valence-electron chi connectivity index (χ2n) is 7.43. The number of carbonyl (C=O) groups excluding carboxylic acids is 2. The molecule has 0 saturated carbocycles. The van der Waals surface area contributed by atoms with E-state index in [1.165, 1.54) is 16.2 Å². The van der Waals surface area contributed by atoms with Crippen LogP contribution in [0.1, 0.15) is 58.0 Å². The van der Waals surface area contributed by atoms with Crippen LogP contribution in [0, 0.1) is 12.8 Å². The molecule has 8 heteroatoms. The highest BCUT2D eigenvalue weighted by atomic mass is 32.1. The average Bonchev–Trinajstić information content (AvgIpc) is 3.40. The van der Waals surface area contributed by atoms with Crippen LogP contribution in [0.25, 0.3) is 0 Å². The smallest absolute Gasteiger partial charge is 0.286 e. The van der Waals surface area contributed by atoms with Gasteiger partial charge in [-0.25, -0.2) is 0 Å². The minimum Gasteiger partial charge on any atom is -0.348 e. The molecule has 2 aromatic heterocycles. The molecule has 3 aromatic rings. The maximum atomic E-state index is 12.4. The van der Waals surface area contributed by atoms with Crippen LogP contribution in [0.2, 0.25) is 0 Å². The lowest BCUT2D eigenvalue weighted by Crippen LogP contribution is -2.31. The lowest BCUT2D eigenvalue weighted by Gasteiger charge is -2.21. The summed E-state index contributed by atoms with van der Waals surface area (Å²) in [5.74, 6) is 0.0933. The molecule has 158 valence electrons. The van der Waals surface area contributed by atoms with Crippen molar-refractivity contribution in [1.29, 1.82) is 0 Å². The summed E-state index contributed by atoms with van der Waals surface area (Å²) in [6.07, 6.45) is 1.70. The van der Waals surface area contributed by atoms with Gasteiger partial charge in [-0.3, -0.25) is 9.59 Å². The second-order valence-corrected chi connectivity index (χ2v) is 9.47. The van der Waals surface area contributed by atoms with Crippen molar-refractivity contribution < 1.29 is 9.59 Å². The van der Waals surface area contributed by atoms with E-state index in [4.69, 9.17) is 0 Å². The quantitative estimate of drug-likeness (QED) is 0.489. The summed E-state index contributed by atoms with van der Waals surface area (Å²) in [6, 6.07) is 11.7. The molecule has 0 saturated heterocycles. The van der Waals surface area contributed by atoms with E-state index < -0.39 is 0 Å². The van der Waals surface area contributed by atoms with Gasteiger partial charge in [-0.2, -0.15) is 0 Å². The molecule has 0 aliphatic heterocycles. The summed E-state index contributed by atoms with van der Waals surface area (Å²) in [6.45, 7) is 6.15. The molecule has 0 aliphatic rings. The standard InChI is InChI=1S/C22H26N4O2S2/c1-14(2)20(17-10-7-13-29-17)24-18(27)11-6-12-19-25-26-22(30-19)21(28)23-16-9-5-4-8-15(16)3/h4-5,7-10,13-14,20H,6,11-12H2,1-3H3,(H,23,28)(H,24,27)/t20-/m1/s1. The maximum Gasteiger partial charge on any atom is 0.286 e. The Labute approximate surface area is 184 Å². The number of nitrogens with one attached hydrogen (secondary N) is 2. The highest BCUT2D eigenvalue weighted by Crippen LogP contribution is 2.26. The highest BCUT2D eigenvalue weighted by molar-refractivity contribution is 7.13. The van der Waals surface area contributed by atoms with E-state index in [0.717, 1.165) is 16.3 Å². The number of amides is 2. The molecule has 2 N–H and O–H groups in total. The van der Waals surface area contributed by atoms with Gasteiger partial charge in [-0.1, -0.05) is 49.4 Å². The summed E-state index contributed by atoms with van der Waals surface area (Å²) in [5.41, 5.74) is 1.75. The SMILES string of the molecule is Cc1ccccc1NC(=O)c1nnc(CCCC(=O)N[C@@H](c2cccs2)C(C)C)s1. The third kappa shape index (κ3) is 5.96. The number of hydrogen-bond donors (Lipinski definition) is 2. The van der Waals surface area contributed by atoms with Crippen LogP contribution in [0.4, 0.5) is 5.69 Å². The number of anilines is 1. The van der Waals surface area contributed by atoms with Crippen LogP contribution < -0.4 is 10.6 Å². The van der Waals surface area contributed by atoms with E-state index in [1.807, 2.05) is 42.6 Å². The minimum atomic E-state index is -0.262. The van der Waals surface area contributed by atoms with E-state index in [1.54, 1.807) is 11.3 Å². The maximum absolute atomic E-state index is 12.4. The van der Waals surface area contributed by atoms with E-state index in [9.17, 15) is 9.59 Å². The third-order valence-corrected chi connectivity index (χ3v) is 6.62. The normalized spacial score (nSPS) is 12.0. The molecule has 2 amide bonds. The first-order chi connectivity index (χ1) is 14.4. The third-order valence-electron chi connectivity index (χ3n) is 4.68. The van der Waals surface area contributed by atoms with Crippen molar-refractivity contribution in [2.75, 3.05) is 5.32 Å². The molecule has 0 bridgehead atoms. The predicted octanol–water partition coefficient (Wildman–Crippen LogP) is 5.00. The van der Waals surface area contributed by atoms with E-state index in [-0.39, 0.29) is 17.9 Å². The summed E-state index contributed by atoms with van der Waals surface area (Å²) < 4.78 is 0. The molecule has 1 aromatic carbocycles. The lowest BCUT2D eigenvalue weighted by atomic mass is 10.0. The zero-order valence-corrected chi connectivity index (χ0v) is 19.0. The molecule has 1 atom stereocenters. The molecule has 2 heterocycles. The topological polar surface area (TPSA) is 84.0 Å². The predicted molar refractivity (Wildman–Crippen MR) is 122 cm³/mol. The molecular weight excluding hydrogens is 416 g/mol. The fourth-order valence-corrected chi connectivity index (χ4v) is 4.74. The Kier molecular flexibility index (Phi) is 7.70. The van der Waals surface area contributed by atoms with Gasteiger partial charge in [0, 0.05) is 23.4 Å².